The molecule has 0 fully saturated rings. The minimum atomic E-state index is -0.455. The Hall–Kier alpha value is -8.98. The molecule has 1 heterocycles. The second kappa shape index (κ2) is 14.5. The normalized spacial score (nSPS) is 13.0. The van der Waals surface area contributed by atoms with Crippen molar-refractivity contribution in [3.8, 4) is 39.1 Å². The first-order chi connectivity index (χ1) is 34.2. The number of nitrogens with zero attached hydrogens (tertiary/aromatic N) is 2. The Bertz CT molecular complexity index is 4190. The molecule has 2 aliphatic rings. The van der Waals surface area contributed by atoms with Crippen LogP contribution in [0.2, 0.25) is 0 Å². The zero-order valence-corrected chi connectivity index (χ0v) is 37.6. The second-order valence-electron chi connectivity index (χ2n) is 18.7. The van der Waals surface area contributed by atoms with Gasteiger partial charge >= 0.3 is 0 Å². The third-order valence-corrected chi connectivity index (χ3v) is 15.4. The molecule has 0 saturated heterocycles. The lowest BCUT2D eigenvalue weighted by Gasteiger charge is -2.32. The molecule has 0 unspecified atom stereocenters. The third-order valence-electron chi connectivity index (χ3n) is 15.4. The predicted octanol–water partition coefficient (Wildman–Crippen LogP) is 17.7. The fourth-order valence-electron chi connectivity index (χ4n) is 12.5. The van der Waals surface area contributed by atoms with E-state index in [4.69, 9.17) is 0 Å². The van der Waals surface area contributed by atoms with Crippen LogP contribution in [-0.2, 0) is 5.41 Å². The van der Waals surface area contributed by atoms with E-state index in [9.17, 15) is 0 Å². The summed E-state index contributed by atoms with van der Waals surface area (Å²) < 4.78 is 2.46. The highest BCUT2D eigenvalue weighted by atomic mass is 15.1. The zero-order valence-electron chi connectivity index (χ0n) is 37.6. The molecule has 0 bridgehead atoms. The molecule has 0 aliphatic heterocycles. The number of hydrogen-bond donors (Lipinski definition) is 0. The van der Waals surface area contributed by atoms with Gasteiger partial charge in [0.25, 0.3) is 0 Å². The molecule has 69 heavy (non-hydrogen) atoms. The van der Waals surface area contributed by atoms with Crippen molar-refractivity contribution >= 4 is 71.2 Å². The highest BCUT2D eigenvalue weighted by Gasteiger charge is 2.51. The molecule has 2 heteroatoms. The molecule has 1 spiro atoms. The van der Waals surface area contributed by atoms with E-state index in [0.717, 1.165) is 22.7 Å². The molecule has 2 nitrogen and oxygen atoms in total. The van der Waals surface area contributed by atoms with Crippen molar-refractivity contribution in [3.63, 3.8) is 0 Å². The molecular formula is C67H42N2. The van der Waals surface area contributed by atoms with Crippen molar-refractivity contribution in [2.75, 3.05) is 4.90 Å². The van der Waals surface area contributed by atoms with Crippen molar-refractivity contribution in [1.29, 1.82) is 0 Å². The first-order valence-corrected chi connectivity index (χ1v) is 24.0. The summed E-state index contributed by atoms with van der Waals surface area (Å²) in [6.07, 6.45) is 0. The van der Waals surface area contributed by atoms with E-state index < -0.39 is 5.41 Å². The average molecular weight is 875 g/mol. The summed E-state index contributed by atoms with van der Waals surface area (Å²) in [4.78, 5) is 2.50. The molecule has 0 radical (unpaired) electrons. The highest BCUT2D eigenvalue weighted by Crippen LogP contribution is 2.63. The summed E-state index contributed by atoms with van der Waals surface area (Å²) in [6.45, 7) is 0. The molecule has 1 aromatic heterocycles. The van der Waals surface area contributed by atoms with Crippen LogP contribution in [-0.4, -0.2) is 4.57 Å². The summed E-state index contributed by atoms with van der Waals surface area (Å²) in [6, 6.07) is 94.9. The Labute approximate surface area is 400 Å². The van der Waals surface area contributed by atoms with Crippen LogP contribution in [0.4, 0.5) is 17.1 Å². The van der Waals surface area contributed by atoms with Crippen molar-refractivity contribution in [2.45, 2.75) is 5.41 Å². The quantitative estimate of drug-likeness (QED) is 0.156. The zero-order chi connectivity index (χ0) is 45.2. The van der Waals surface area contributed by atoms with Crippen LogP contribution >= 0.6 is 0 Å². The maximum absolute atomic E-state index is 2.51. The highest BCUT2D eigenvalue weighted by molar-refractivity contribution is 6.19. The second-order valence-corrected chi connectivity index (χ2v) is 18.7. The van der Waals surface area contributed by atoms with Gasteiger partial charge in [-0.25, -0.2) is 0 Å². The van der Waals surface area contributed by atoms with E-state index in [-0.39, 0.29) is 0 Å². The average Bonchev–Trinajstić information content (AvgIpc) is 4.03. The van der Waals surface area contributed by atoms with Gasteiger partial charge in [0.15, 0.2) is 0 Å². The summed E-state index contributed by atoms with van der Waals surface area (Å²) in [5.74, 6) is 0. The van der Waals surface area contributed by atoms with Gasteiger partial charge in [-0.15, -0.1) is 0 Å². The van der Waals surface area contributed by atoms with E-state index in [1.54, 1.807) is 0 Å². The fourth-order valence-corrected chi connectivity index (χ4v) is 12.5. The van der Waals surface area contributed by atoms with Gasteiger partial charge in [0, 0.05) is 38.6 Å². The molecule has 0 amide bonds. The monoisotopic (exact) mass is 874 g/mol. The largest absolute Gasteiger partial charge is 0.310 e. The standard InChI is InChI=1S/C67H42N2/c1-2-18-47(19-3-1)69-65-40-45(33-37-58(65)59-38-32-44-16-4-7-21-51(44)66(59)69)43-30-34-48(35-31-43)68(64-41-46-17-5-6-20-50(46)52-22-8-9-26-57(52)64)49-36-39-56-55-25-12-15-29-62(55)67(63(56)42-49)60-27-13-10-23-53(60)54-24-11-14-28-61(54)67/h1-42H. The smallest absolute Gasteiger partial charge is 0.0726 e. The van der Waals surface area contributed by atoms with Crippen molar-refractivity contribution in [1.82, 2.24) is 4.57 Å². The summed E-state index contributed by atoms with van der Waals surface area (Å²) in [5.41, 5.74) is 19.4. The molecule has 13 aromatic rings. The lowest BCUT2D eigenvalue weighted by atomic mass is 9.70. The third kappa shape index (κ3) is 5.31. The Kier molecular flexibility index (Phi) is 8.02. The first kappa shape index (κ1) is 38.2. The lowest BCUT2D eigenvalue weighted by molar-refractivity contribution is 0.793. The topological polar surface area (TPSA) is 8.17 Å². The van der Waals surface area contributed by atoms with Crippen LogP contribution in [0, 0.1) is 0 Å². The van der Waals surface area contributed by atoms with Gasteiger partial charge in [-0.1, -0.05) is 206 Å². The number of benzene rings is 12. The number of fused-ring (bicyclic) bond motifs is 18. The maximum atomic E-state index is 2.51. The molecule has 15 rings (SSSR count). The van der Waals surface area contributed by atoms with Gasteiger partial charge in [0.2, 0.25) is 0 Å². The van der Waals surface area contributed by atoms with Crippen LogP contribution in [0.5, 0.6) is 0 Å². The van der Waals surface area contributed by atoms with Crippen molar-refractivity contribution in [2.24, 2.45) is 0 Å². The molecule has 0 saturated carbocycles. The van der Waals surface area contributed by atoms with Gasteiger partial charge < -0.3 is 9.47 Å². The molecule has 320 valence electrons. The van der Waals surface area contributed by atoms with E-state index in [1.807, 2.05) is 0 Å². The Morgan fingerprint density at radius 1 is 0.304 bits per heavy atom. The molecule has 0 atom stereocenters. The summed E-state index contributed by atoms with van der Waals surface area (Å²) in [7, 11) is 0. The van der Waals surface area contributed by atoms with Gasteiger partial charge in [0.05, 0.1) is 22.1 Å². The van der Waals surface area contributed by atoms with E-state index >= 15 is 0 Å². The Balaban J connectivity index is 0.946. The van der Waals surface area contributed by atoms with Gasteiger partial charge in [-0.3, -0.25) is 0 Å². The lowest BCUT2D eigenvalue weighted by Crippen LogP contribution is -2.26. The van der Waals surface area contributed by atoms with E-state index in [2.05, 4.69) is 264 Å². The number of hydrogen-bond acceptors (Lipinski definition) is 1. The summed E-state index contributed by atoms with van der Waals surface area (Å²) >= 11 is 0. The molecule has 0 N–H and O–H groups in total. The molecule has 2 aliphatic carbocycles. The molecular weight excluding hydrogens is 833 g/mol. The molecule has 12 aromatic carbocycles. The SMILES string of the molecule is c1ccc(-n2c3cc(-c4ccc(N(c5ccc6c(c5)C5(c7ccccc7-c7ccccc75)c5ccccc5-6)c5cc6ccccc6c6ccccc56)cc4)ccc3c3ccc4ccccc4c32)cc1. The number of para-hydroxylation sites is 1. The number of anilines is 3. The van der Waals surface area contributed by atoms with Crippen LogP contribution in [0.25, 0.3) is 93.2 Å². The predicted molar refractivity (Wildman–Crippen MR) is 290 cm³/mol. The van der Waals surface area contributed by atoms with E-state index in [1.165, 1.54) is 110 Å². The number of rotatable bonds is 5. The first-order valence-electron chi connectivity index (χ1n) is 24.0. The minimum Gasteiger partial charge on any atom is -0.310 e. The van der Waals surface area contributed by atoms with Crippen LogP contribution in [0.1, 0.15) is 22.3 Å². The van der Waals surface area contributed by atoms with Gasteiger partial charge in [0.1, 0.15) is 0 Å². The van der Waals surface area contributed by atoms with Crippen molar-refractivity contribution < 1.29 is 0 Å². The number of aromatic nitrogens is 1. The van der Waals surface area contributed by atoms with Crippen LogP contribution in [0.3, 0.4) is 0 Å². The van der Waals surface area contributed by atoms with Gasteiger partial charge in [-0.2, -0.15) is 0 Å². The maximum Gasteiger partial charge on any atom is 0.0726 e. The summed E-state index contributed by atoms with van der Waals surface area (Å²) in [5, 5.41) is 9.93. The Morgan fingerprint density at radius 2 is 0.841 bits per heavy atom. The van der Waals surface area contributed by atoms with Crippen LogP contribution < -0.4 is 4.90 Å². The van der Waals surface area contributed by atoms with Crippen LogP contribution in [0.15, 0.2) is 255 Å². The van der Waals surface area contributed by atoms with Crippen molar-refractivity contribution in [3.05, 3.63) is 277 Å². The fraction of sp³-hybridized carbons (Fsp3) is 0.0149. The van der Waals surface area contributed by atoms with E-state index in [0.29, 0.717) is 0 Å². The Morgan fingerprint density at radius 3 is 1.55 bits per heavy atom. The minimum absolute atomic E-state index is 0.455. The van der Waals surface area contributed by atoms with Gasteiger partial charge in [-0.05, 0) is 126 Å².